The van der Waals surface area contributed by atoms with E-state index >= 15 is 0 Å². The highest BCUT2D eigenvalue weighted by Gasteiger charge is 2.30. The molecule has 1 saturated heterocycles. The minimum Gasteiger partial charge on any atom is -0.490 e. The Morgan fingerprint density at radius 3 is 2.48 bits per heavy atom. The number of hydrogen-bond donors (Lipinski definition) is 0. The number of nitrogens with zero attached hydrogens (tertiary/aromatic N) is 1. The van der Waals surface area contributed by atoms with Crippen molar-refractivity contribution in [1.82, 2.24) is 4.90 Å². The van der Waals surface area contributed by atoms with Crippen LogP contribution in [0.15, 0.2) is 59.1 Å². The van der Waals surface area contributed by atoms with Gasteiger partial charge in [0, 0.05) is 23.5 Å². The van der Waals surface area contributed by atoms with Gasteiger partial charge in [-0.2, -0.15) is 0 Å². The van der Waals surface area contributed by atoms with Crippen molar-refractivity contribution in [2.75, 3.05) is 20.1 Å². The first-order valence-electron chi connectivity index (χ1n) is 7.38. The van der Waals surface area contributed by atoms with Crippen LogP contribution < -0.4 is 4.74 Å². The molecule has 3 heteroatoms. The van der Waals surface area contributed by atoms with Gasteiger partial charge in [0.15, 0.2) is 0 Å². The van der Waals surface area contributed by atoms with E-state index < -0.39 is 0 Å². The third kappa shape index (κ3) is 3.66. The van der Waals surface area contributed by atoms with E-state index in [-0.39, 0.29) is 6.10 Å². The Hall–Kier alpha value is -1.32. The van der Waals surface area contributed by atoms with Gasteiger partial charge in [-0.15, -0.1) is 0 Å². The lowest BCUT2D eigenvalue weighted by molar-refractivity contribution is 0.0902. The van der Waals surface area contributed by atoms with Crippen LogP contribution in [0.25, 0.3) is 0 Å². The summed E-state index contributed by atoms with van der Waals surface area (Å²) in [5, 5.41) is 0. The topological polar surface area (TPSA) is 12.5 Å². The Labute approximate surface area is 134 Å². The molecule has 0 amide bonds. The molecule has 0 aromatic heterocycles. The molecule has 21 heavy (non-hydrogen) atoms. The van der Waals surface area contributed by atoms with Crippen LogP contribution in [-0.2, 0) is 0 Å². The average molecular weight is 346 g/mol. The fourth-order valence-corrected chi connectivity index (χ4v) is 3.21. The summed E-state index contributed by atoms with van der Waals surface area (Å²) in [5.74, 6) is 1.38. The smallest absolute Gasteiger partial charge is 0.119 e. The number of likely N-dealkylation sites (tertiary alicyclic amines) is 1. The predicted molar refractivity (Wildman–Crippen MR) is 89.9 cm³/mol. The summed E-state index contributed by atoms with van der Waals surface area (Å²) in [4.78, 5) is 2.39. The molecule has 2 atom stereocenters. The zero-order valence-corrected chi connectivity index (χ0v) is 13.8. The Kier molecular flexibility index (Phi) is 4.61. The van der Waals surface area contributed by atoms with Gasteiger partial charge >= 0.3 is 0 Å². The number of rotatable bonds is 3. The van der Waals surface area contributed by atoms with E-state index in [4.69, 9.17) is 4.74 Å². The van der Waals surface area contributed by atoms with Crippen molar-refractivity contribution in [2.24, 2.45) is 0 Å². The molecule has 1 aliphatic rings. The van der Waals surface area contributed by atoms with Gasteiger partial charge in [0.1, 0.15) is 11.9 Å². The van der Waals surface area contributed by atoms with Crippen LogP contribution >= 0.6 is 15.9 Å². The third-order valence-electron chi connectivity index (χ3n) is 4.08. The molecule has 2 nitrogen and oxygen atoms in total. The molecular formula is C18H20BrNO. The molecule has 1 heterocycles. The SMILES string of the molecule is CN1CCC(Oc2ccc(Br)cc2)C(c2ccccc2)C1. The third-order valence-corrected chi connectivity index (χ3v) is 4.61. The fraction of sp³-hybridized carbons (Fsp3) is 0.333. The maximum absolute atomic E-state index is 6.28. The first-order chi connectivity index (χ1) is 10.2. The van der Waals surface area contributed by atoms with Crippen LogP contribution in [0.1, 0.15) is 17.9 Å². The van der Waals surface area contributed by atoms with E-state index in [0.717, 1.165) is 29.7 Å². The minimum absolute atomic E-state index is 0.241. The van der Waals surface area contributed by atoms with Crippen molar-refractivity contribution < 1.29 is 4.74 Å². The van der Waals surface area contributed by atoms with Crippen molar-refractivity contribution in [3.8, 4) is 5.75 Å². The number of benzene rings is 2. The molecule has 2 aromatic rings. The van der Waals surface area contributed by atoms with Crippen molar-refractivity contribution in [2.45, 2.75) is 18.4 Å². The lowest BCUT2D eigenvalue weighted by atomic mass is 9.88. The molecular weight excluding hydrogens is 326 g/mol. The number of halogens is 1. The van der Waals surface area contributed by atoms with Gasteiger partial charge in [0.25, 0.3) is 0 Å². The Morgan fingerprint density at radius 1 is 1.05 bits per heavy atom. The standard InChI is InChI=1S/C18H20BrNO/c1-20-12-11-18(21-16-9-7-15(19)8-10-16)17(13-20)14-5-3-2-4-6-14/h2-10,17-18H,11-13H2,1H3. The van der Waals surface area contributed by atoms with Crippen LogP contribution in [0.2, 0.25) is 0 Å². The van der Waals surface area contributed by atoms with Gasteiger partial charge in [0.05, 0.1) is 0 Å². The van der Waals surface area contributed by atoms with Crippen molar-refractivity contribution in [3.05, 3.63) is 64.6 Å². The van der Waals surface area contributed by atoms with Crippen LogP contribution in [0.4, 0.5) is 0 Å². The van der Waals surface area contributed by atoms with Crippen LogP contribution in [0, 0.1) is 0 Å². The van der Waals surface area contributed by atoms with Gasteiger partial charge in [-0.3, -0.25) is 0 Å². The molecule has 0 radical (unpaired) electrons. The molecule has 0 saturated carbocycles. The molecule has 110 valence electrons. The number of piperidine rings is 1. The molecule has 1 aliphatic heterocycles. The molecule has 2 aromatic carbocycles. The summed E-state index contributed by atoms with van der Waals surface area (Å²) in [7, 11) is 2.19. The molecule has 0 spiro atoms. The van der Waals surface area contributed by atoms with E-state index in [1.807, 2.05) is 24.3 Å². The Balaban J connectivity index is 1.79. The number of ether oxygens (including phenoxy) is 1. The summed E-state index contributed by atoms with van der Waals surface area (Å²) in [6, 6.07) is 18.8. The molecule has 3 rings (SSSR count). The highest BCUT2D eigenvalue weighted by molar-refractivity contribution is 9.10. The fourth-order valence-electron chi connectivity index (χ4n) is 2.94. The second-order valence-electron chi connectivity index (χ2n) is 5.68. The van der Waals surface area contributed by atoms with Crippen molar-refractivity contribution in [1.29, 1.82) is 0 Å². The summed E-state index contributed by atoms with van der Waals surface area (Å²) < 4.78 is 7.36. The van der Waals surface area contributed by atoms with Gasteiger partial charge in [-0.05, 0) is 43.3 Å². The largest absolute Gasteiger partial charge is 0.490 e. The molecule has 2 unspecified atom stereocenters. The zero-order chi connectivity index (χ0) is 14.7. The quantitative estimate of drug-likeness (QED) is 0.821. The first-order valence-corrected chi connectivity index (χ1v) is 8.17. The second-order valence-corrected chi connectivity index (χ2v) is 6.59. The van der Waals surface area contributed by atoms with Crippen molar-refractivity contribution >= 4 is 15.9 Å². The lowest BCUT2D eigenvalue weighted by Gasteiger charge is -2.37. The van der Waals surface area contributed by atoms with Crippen molar-refractivity contribution in [3.63, 3.8) is 0 Å². The summed E-state index contributed by atoms with van der Waals surface area (Å²) in [6.07, 6.45) is 1.30. The molecule has 0 N–H and O–H groups in total. The Bertz CT molecular complexity index is 570. The second kappa shape index (κ2) is 6.63. The zero-order valence-electron chi connectivity index (χ0n) is 12.2. The summed E-state index contributed by atoms with van der Waals surface area (Å²) in [5.41, 5.74) is 1.37. The van der Waals surface area contributed by atoms with Crippen LogP contribution in [0.3, 0.4) is 0 Å². The van der Waals surface area contributed by atoms with Gasteiger partial charge in [-0.1, -0.05) is 46.3 Å². The maximum Gasteiger partial charge on any atom is 0.119 e. The maximum atomic E-state index is 6.28. The van der Waals surface area contributed by atoms with Gasteiger partial charge in [0.2, 0.25) is 0 Å². The summed E-state index contributed by atoms with van der Waals surface area (Å²) in [6.45, 7) is 2.13. The minimum atomic E-state index is 0.241. The predicted octanol–water partition coefficient (Wildman–Crippen LogP) is 4.32. The van der Waals surface area contributed by atoms with E-state index in [1.54, 1.807) is 0 Å². The highest BCUT2D eigenvalue weighted by Crippen LogP contribution is 2.30. The van der Waals surface area contributed by atoms with Crippen LogP contribution in [0.5, 0.6) is 5.75 Å². The highest BCUT2D eigenvalue weighted by atomic mass is 79.9. The van der Waals surface area contributed by atoms with E-state index in [9.17, 15) is 0 Å². The normalized spacial score (nSPS) is 23.0. The van der Waals surface area contributed by atoms with E-state index in [0.29, 0.717) is 5.92 Å². The van der Waals surface area contributed by atoms with Crippen LogP contribution in [-0.4, -0.2) is 31.1 Å². The first kappa shape index (κ1) is 14.6. The molecule has 0 aliphatic carbocycles. The molecule has 0 bridgehead atoms. The lowest BCUT2D eigenvalue weighted by Crippen LogP contribution is -2.42. The molecule has 1 fully saturated rings. The van der Waals surface area contributed by atoms with E-state index in [2.05, 4.69) is 58.2 Å². The number of likely N-dealkylation sites (N-methyl/N-ethyl adjacent to an activating group) is 1. The summed E-state index contributed by atoms with van der Waals surface area (Å²) >= 11 is 3.46. The van der Waals surface area contributed by atoms with Gasteiger partial charge in [-0.25, -0.2) is 0 Å². The average Bonchev–Trinajstić information content (AvgIpc) is 2.52. The monoisotopic (exact) mass is 345 g/mol. The Morgan fingerprint density at radius 2 is 1.76 bits per heavy atom. The van der Waals surface area contributed by atoms with E-state index in [1.165, 1.54) is 5.56 Å². The van der Waals surface area contributed by atoms with Gasteiger partial charge < -0.3 is 9.64 Å². The number of hydrogen-bond acceptors (Lipinski definition) is 2.